The Morgan fingerprint density at radius 3 is 2.50 bits per heavy atom. The lowest BCUT2D eigenvalue weighted by Gasteiger charge is -2.09. The van der Waals surface area contributed by atoms with Gasteiger partial charge in [0.25, 0.3) is 0 Å². The minimum atomic E-state index is 0.880. The number of hydrogen-bond acceptors (Lipinski definition) is 3. The van der Waals surface area contributed by atoms with Crippen LogP contribution in [-0.2, 0) is 0 Å². The molecule has 3 aromatic heterocycles. The maximum atomic E-state index is 6.16. The summed E-state index contributed by atoms with van der Waals surface area (Å²) in [7, 11) is 0. The number of benzene rings is 2. The van der Waals surface area contributed by atoms with E-state index in [9.17, 15) is 0 Å². The second kappa shape index (κ2) is 5.81. The zero-order valence-electron chi connectivity index (χ0n) is 14.3. The molecule has 124 valence electrons. The zero-order chi connectivity index (χ0) is 17.5. The van der Waals surface area contributed by atoms with Gasteiger partial charge in [-0.3, -0.25) is 9.97 Å². The molecule has 0 radical (unpaired) electrons. The van der Waals surface area contributed by atoms with E-state index in [-0.39, 0.29) is 0 Å². The molecule has 0 bridgehead atoms. The van der Waals surface area contributed by atoms with Crippen molar-refractivity contribution in [3.05, 3.63) is 84.8 Å². The molecule has 0 atom stereocenters. The molecule has 0 fully saturated rings. The lowest BCUT2D eigenvalue weighted by atomic mass is 9.99. The molecule has 0 amide bonds. The normalized spacial score (nSPS) is 11.3. The highest BCUT2D eigenvalue weighted by molar-refractivity contribution is 6.09. The first-order chi connectivity index (χ1) is 12.8. The van der Waals surface area contributed by atoms with Gasteiger partial charge in [0.1, 0.15) is 11.2 Å². The Kier molecular flexibility index (Phi) is 3.32. The summed E-state index contributed by atoms with van der Waals surface area (Å²) < 4.78 is 6.16. The van der Waals surface area contributed by atoms with Crippen molar-refractivity contribution in [1.29, 1.82) is 0 Å². The monoisotopic (exact) mass is 336 g/mol. The van der Waals surface area contributed by atoms with Gasteiger partial charge in [0, 0.05) is 34.9 Å². The lowest BCUT2D eigenvalue weighted by Crippen LogP contribution is -1.90. The largest absolute Gasteiger partial charge is 0.455 e. The SMILES string of the molecule is Cc1cnc(-c2cccc3c2oc2ccccc23)cc1-c1ccncc1. The summed E-state index contributed by atoms with van der Waals surface area (Å²) >= 11 is 0. The van der Waals surface area contributed by atoms with Crippen LogP contribution in [0.25, 0.3) is 44.3 Å². The molecular formula is C23H16N2O. The summed E-state index contributed by atoms with van der Waals surface area (Å²) in [6, 6.07) is 20.5. The third-order valence-corrected chi connectivity index (χ3v) is 4.77. The summed E-state index contributed by atoms with van der Waals surface area (Å²) in [4.78, 5) is 8.80. The summed E-state index contributed by atoms with van der Waals surface area (Å²) in [6.07, 6.45) is 5.55. The molecule has 0 unspecified atom stereocenters. The Morgan fingerprint density at radius 2 is 1.62 bits per heavy atom. The van der Waals surface area contributed by atoms with Crippen molar-refractivity contribution in [2.75, 3.05) is 0 Å². The molecule has 0 aliphatic rings. The fourth-order valence-corrected chi connectivity index (χ4v) is 3.46. The van der Waals surface area contributed by atoms with Crippen molar-refractivity contribution in [2.24, 2.45) is 0 Å². The highest BCUT2D eigenvalue weighted by Gasteiger charge is 2.14. The van der Waals surface area contributed by atoms with E-state index in [4.69, 9.17) is 4.42 Å². The Hall–Kier alpha value is -3.46. The molecule has 5 aromatic rings. The Morgan fingerprint density at radius 1 is 0.808 bits per heavy atom. The smallest absolute Gasteiger partial charge is 0.144 e. The van der Waals surface area contributed by atoms with Gasteiger partial charge in [0.15, 0.2) is 0 Å². The molecule has 3 heterocycles. The van der Waals surface area contributed by atoms with E-state index in [2.05, 4.69) is 47.2 Å². The van der Waals surface area contributed by atoms with Gasteiger partial charge in [-0.2, -0.15) is 0 Å². The van der Waals surface area contributed by atoms with Crippen molar-refractivity contribution in [3.63, 3.8) is 0 Å². The average molecular weight is 336 g/mol. The Balaban J connectivity index is 1.76. The topological polar surface area (TPSA) is 38.9 Å². The summed E-state index contributed by atoms with van der Waals surface area (Å²) in [5.41, 5.74) is 7.13. The molecule has 5 rings (SSSR count). The molecule has 0 spiro atoms. The number of hydrogen-bond donors (Lipinski definition) is 0. The van der Waals surface area contributed by atoms with Crippen LogP contribution >= 0.6 is 0 Å². The first-order valence-electron chi connectivity index (χ1n) is 8.59. The number of nitrogens with zero attached hydrogens (tertiary/aromatic N) is 2. The molecular weight excluding hydrogens is 320 g/mol. The van der Waals surface area contributed by atoms with Crippen molar-refractivity contribution in [2.45, 2.75) is 6.92 Å². The predicted octanol–water partition coefficient (Wildman–Crippen LogP) is 6.02. The standard InChI is InChI=1S/C23H16N2O/c1-15-14-25-21(13-20(15)16-9-11-24-12-10-16)19-7-4-6-18-17-5-2-3-8-22(17)26-23(18)19/h2-14H,1H3. The molecule has 0 aliphatic heterocycles. The minimum absolute atomic E-state index is 0.880. The van der Waals surface area contributed by atoms with Crippen LogP contribution in [0.5, 0.6) is 0 Å². The van der Waals surface area contributed by atoms with E-state index >= 15 is 0 Å². The third-order valence-electron chi connectivity index (χ3n) is 4.77. The van der Waals surface area contributed by atoms with E-state index in [1.807, 2.05) is 48.9 Å². The molecule has 0 aliphatic carbocycles. The zero-order valence-corrected chi connectivity index (χ0v) is 14.3. The lowest BCUT2D eigenvalue weighted by molar-refractivity contribution is 0.670. The van der Waals surface area contributed by atoms with Crippen molar-refractivity contribution in [1.82, 2.24) is 9.97 Å². The number of aryl methyl sites for hydroxylation is 1. The van der Waals surface area contributed by atoms with Crippen LogP contribution in [0.1, 0.15) is 5.56 Å². The number of pyridine rings is 2. The minimum Gasteiger partial charge on any atom is -0.455 e. The summed E-state index contributed by atoms with van der Waals surface area (Å²) in [5.74, 6) is 0. The van der Waals surface area contributed by atoms with E-state index in [1.54, 1.807) is 0 Å². The van der Waals surface area contributed by atoms with Gasteiger partial charge < -0.3 is 4.42 Å². The van der Waals surface area contributed by atoms with Gasteiger partial charge >= 0.3 is 0 Å². The first-order valence-corrected chi connectivity index (χ1v) is 8.59. The molecule has 26 heavy (non-hydrogen) atoms. The van der Waals surface area contributed by atoms with E-state index in [0.717, 1.165) is 49.9 Å². The van der Waals surface area contributed by atoms with Crippen molar-refractivity contribution < 1.29 is 4.42 Å². The fourth-order valence-electron chi connectivity index (χ4n) is 3.46. The number of furan rings is 1. The number of para-hydroxylation sites is 2. The Bertz CT molecular complexity index is 1240. The quantitative estimate of drug-likeness (QED) is 0.396. The second-order valence-electron chi connectivity index (χ2n) is 6.40. The highest BCUT2D eigenvalue weighted by atomic mass is 16.3. The average Bonchev–Trinajstić information content (AvgIpc) is 3.08. The van der Waals surface area contributed by atoms with Crippen molar-refractivity contribution in [3.8, 4) is 22.4 Å². The highest BCUT2D eigenvalue weighted by Crippen LogP contribution is 2.36. The molecule has 3 heteroatoms. The second-order valence-corrected chi connectivity index (χ2v) is 6.40. The van der Waals surface area contributed by atoms with Crippen LogP contribution in [0.2, 0.25) is 0 Å². The van der Waals surface area contributed by atoms with Crippen LogP contribution in [0.15, 0.2) is 83.7 Å². The van der Waals surface area contributed by atoms with Crippen LogP contribution < -0.4 is 0 Å². The third kappa shape index (κ3) is 2.29. The van der Waals surface area contributed by atoms with Crippen molar-refractivity contribution >= 4 is 21.9 Å². The van der Waals surface area contributed by atoms with Crippen LogP contribution in [0.3, 0.4) is 0 Å². The van der Waals surface area contributed by atoms with E-state index in [0.29, 0.717) is 0 Å². The Labute approximate surface area is 151 Å². The van der Waals surface area contributed by atoms with Gasteiger partial charge in [-0.1, -0.05) is 30.3 Å². The predicted molar refractivity (Wildman–Crippen MR) is 105 cm³/mol. The number of fused-ring (bicyclic) bond motifs is 3. The van der Waals surface area contributed by atoms with Gasteiger partial charge in [-0.25, -0.2) is 0 Å². The molecule has 0 saturated heterocycles. The maximum Gasteiger partial charge on any atom is 0.144 e. The first kappa shape index (κ1) is 14.8. The molecule has 2 aromatic carbocycles. The molecule has 0 N–H and O–H groups in total. The van der Waals surface area contributed by atoms with Crippen LogP contribution in [0.4, 0.5) is 0 Å². The van der Waals surface area contributed by atoms with Gasteiger partial charge in [0.05, 0.1) is 5.69 Å². The van der Waals surface area contributed by atoms with Gasteiger partial charge in [-0.15, -0.1) is 0 Å². The summed E-state index contributed by atoms with van der Waals surface area (Å²) in [6.45, 7) is 2.08. The van der Waals surface area contributed by atoms with Gasteiger partial charge in [-0.05, 0) is 53.9 Å². The molecule has 3 nitrogen and oxygen atoms in total. The molecule has 0 saturated carbocycles. The number of rotatable bonds is 2. The summed E-state index contributed by atoms with van der Waals surface area (Å²) in [5, 5.41) is 2.25. The van der Waals surface area contributed by atoms with Gasteiger partial charge in [0.2, 0.25) is 0 Å². The van der Waals surface area contributed by atoms with E-state index in [1.165, 1.54) is 0 Å². The number of aromatic nitrogens is 2. The van der Waals surface area contributed by atoms with E-state index < -0.39 is 0 Å². The fraction of sp³-hybridized carbons (Fsp3) is 0.0435. The van der Waals surface area contributed by atoms with Crippen LogP contribution in [-0.4, -0.2) is 9.97 Å². The van der Waals surface area contributed by atoms with Crippen LogP contribution in [0, 0.1) is 6.92 Å². The maximum absolute atomic E-state index is 6.16.